The van der Waals surface area contributed by atoms with Crippen molar-refractivity contribution in [3.63, 3.8) is 0 Å². The lowest BCUT2D eigenvalue weighted by atomic mass is 10.0. The lowest BCUT2D eigenvalue weighted by molar-refractivity contribution is 0.157. The molecule has 2 amide bonds. The molecule has 2 fully saturated rings. The van der Waals surface area contributed by atoms with Crippen molar-refractivity contribution < 1.29 is 21.6 Å². The predicted octanol–water partition coefficient (Wildman–Crippen LogP) is -0.608. The zero-order chi connectivity index (χ0) is 15.2. The number of urea groups is 1. The highest BCUT2D eigenvalue weighted by Crippen LogP contribution is 2.28. The maximum atomic E-state index is 12.1. The van der Waals surface area contributed by atoms with E-state index in [2.05, 4.69) is 5.32 Å². The van der Waals surface area contributed by atoms with E-state index in [0.29, 0.717) is 12.8 Å². The first kappa shape index (κ1) is 15.6. The van der Waals surface area contributed by atoms with Gasteiger partial charge >= 0.3 is 6.03 Å². The highest BCUT2D eigenvalue weighted by Gasteiger charge is 2.44. The van der Waals surface area contributed by atoms with Gasteiger partial charge in [-0.25, -0.2) is 21.6 Å². The molecular weight excluding hydrogens is 304 g/mol. The Balaban J connectivity index is 2.00. The maximum absolute atomic E-state index is 12.1. The van der Waals surface area contributed by atoms with Crippen molar-refractivity contribution in [2.24, 2.45) is 0 Å². The van der Waals surface area contributed by atoms with E-state index in [0.717, 1.165) is 0 Å². The molecule has 0 aromatic rings. The molecule has 0 spiro atoms. The van der Waals surface area contributed by atoms with Gasteiger partial charge in [0.05, 0.1) is 28.6 Å². The molecule has 7 nitrogen and oxygen atoms in total. The van der Waals surface area contributed by atoms with Gasteiger partial charge in [-0.1, -0.05) is 0 Å². The molecule has 2 aliphatic heterocycles. The molecular formula is C11H20N2O5S2. The third kappa shape index (κ3) is 3.25. The summed E-state index contributed by atoms with van der Waals surface area (Å²) in [5.74, 6) is 0.0840. The minimum atomic E-state index is -3.10. The van der Waals surface area contributed by atoms with E-state index < -0.39 is 31.2 Å². The maximum Gasteiger partial charge on any atom is 0.317 e. The minimum Gasteiger partial charge on any atom is -0.334 e. The van der Waals surface area contributed by atoms with E-state index in [1.807, 2.05) is 0 Å². The van der Waals surface area contributed by atoms with Gasteiger partial charge < -0.3 is 10.2 Å². The SMILES string of the molecule is CN(C(=O)N[C@H]1CCS(=O)(=O)C1)[C@@]1(C)CCS(=O)(=O)C1. The summed E-state index contributed by atoms with van der Waals surface area (Å²) < 4.78 is 45.8. The summed E-state index contributed by atoms with van der Waals surface area (Å²) in [4.78, 5) is 13.5. The van der Waals surface area contributed by atoms with Gasteiger partial charge in [-0.2, -0.15) is 0 Å². The van der Waals surface area contributed by atoms with Crippen LogP contribution in [0.25, 0.3) is 0 Å². The molecule has 2 aliphatic rings. The van der Waals surface area contributed by atoms with Crippen LogP contribution in [0, 0.1) is 0 Å². The largest absolute Gasteiger partial charge is 0.334 e. The number of carbonyl (C=O) groups is 1. The number of hydrogen-bond donors (Lipinski definition) is 1. The Bertz CT molecular complexity index is 613. The smallest absolute Gasteiger partial charge is 0.317 e. The first-order chi connectivity index (χ1) is 9.03. The van der Waals surface area contributed by atoms with Gasteiger partial charge in [0.15, 0.2) is 19.7 Å². The normalized spacial score (nSPS) is 34.8. The Morgan fingerprint density at radius 1 is 1.20 bits per heavy atom. The van der Waals surface area contributed by atoms with Crippen molar-refractivity contribution in [1.82, 2.24) is 10.2 Å². The fraction of sp³-hybridized carbons (Fsp3) is 0.909. The number of nitrogens with one attached hydrogen (secondary N) is 1. The summed E-state index contributed by atoms with van der Waals surface area (Å²) in [7, 11) is -4.59. The molecule has 9 heteroatoms. The summed E-state index contributed by atoms with van der Waals surface area (Å²) in [5.41, 5.74) is -0.722. The zero-order valence-electron chi connectivity index (χ0n) is 11.6. The van der Waals surface area contributed by atoms with Crippen molar-refractivity contribution in [2.75, 3.05) is 30.1 Å². The third-order valence-corrected chi connectivity index (χ3v) is 7.81. The first-order valence-electron chi connectivity index (χ1n) is 6.48. The standard InChI is InChI=1S/C11H20N2O5S2/c1-11(4-6-20(17,18)8-11)13(2)10(14)12-9-3-5-19(15,16)7-9/h9H,3-8H2,1-2H3,(H,12,14)/t9-,11-/m0/s1. The molecule has 0 bridgehead atoms. The van der Waals surface area contributed by atoms with Crippen LogP contribution in [-0.2, 0) is 19.7 Å². The molecule has 0 aromatic carbocycles. The average molecular weight is 324 g/mol. The molecule has 2 atom stereocenters. The van der Waals surface area contributed by atoms with Gasteiger partial charge in [-0.05, 0) is 19.8 Å². The number of carbonyl (C=O) groups excluding carboxylic acids is 1. The van der Waals surface area contributed by atoms with E-state index in [1.54, 1.807) is 14.0 Å². The molecule has 0 aliphatic carbocycles. The summed E-state index contributed by atoms with van der Waals surface area (Å²) >= 11 is 0. The summed E-state index contributed by atoms with van der Waals surface area (Å²) in [6.07, 6.45) is 0.819. The zero-order valence-corrected chi connectivity index (χ0v) is 13.3. The van der Waals surface area contributed by atoms with Crippen LogP contribution in [0.5, 0.6) is 0 Å². The van der Waals surface area contributed by atoms with E-state index in [9.17, 15) is 21.6 Å². The van der Waals surface area contributed by atoms with Crippen LogP contribution < -0.4 is 5.32 Å². The van der Waals surface area contributed by atoms with Gasteiger partial charge in [-0.15, -0.1) is 0 Å². The molecule has 2 heterocycles. The molecule has 20 heavy (non-hydrogen) atoms. The summed E-state index contributed by atoms with van der Waals surface area (Å²) in [6, 6.07) is -0.789. The molecule has 116 valence electrons. The molecule has 2 saturated heterocycles. The molecule has 1 N–H and O–H groups in total. The number of nitrogens with zero attached hydrogens (tertiary/aromatic N) is 1. The number of sulfone groups is 2. The second kappa shape index (κ2) is 4.87. The Labute approximate surface area is 119 Å². The number of amides is 2. The van der Waals surface area contributed by atoms with E-state index >= 15 is 0 Å². The first-order valence-corrected chi connectivity index (χ1v) is 10.1. The van der Waals surface area contributed by atoms with Crippen molar-refractivity contribution in [3.8, 4) is 0 Å². The molecule has 0 unspecified atom stereocenters. The van der Waals surface area contributed by atoms with Gasteiger partial charge in [0.25, 0.3) is 0 Å². The van der Waals surface area contributed by atoms with Crippen LogP contribution in [0.2, 0.25) is 0 Å². The molecule has 0 radical (unpaired) electrons. The average Bonchev–Trinajstić information content (AvgIpc) is 2.78. The van der Waals surface area contributed by atoms with Crippen LogP contribution in [0.4, 0.5) is 4.79 Å². The van der Waals surface area contributed by atoms with Crippen LogP contribution in [0.1, 0.15) is 19.8 Å². The lowest BCUT2D eigenvalue weighted by Gasteiger charge is -2.35. The highest BCUT2D eigenvalue weighted by atomic mass is 32.2. The number of hydrogen-bond acceptors (Lipinski definition) is 5. The van der Waals surface area contributed by atoms with E-state index in [4.69, 9.17) is 0 Å². The Morgan fingerprint density at radius 3 is 2.30 bits per heavy atom. The highest BCUT2D eigenvalue weighted by molar-refractivity contribution is 7.92. The van der Waals surface area contributed by atoms with Gasteiger partial charge in [-0.3, -0.25) is 0 Å². The van der Waals surface area contributed by atoms with E-state index in [1.165, 1.54) is 4.90 Å². The Kier molecular flexibility index (Phi) is 3.79. The van der Waals surface area contributed by atoms with Crippen molar-refractivity contribution in [1.29, 1.82) is 0 Å². The van der Waals surface area contributed by atoms with Crippen molar-refractivity contribution in [2.45, 2.75) is 31.3 Å². The molecule has 0 aromatic heterocycles. The summed E-state index contributed by atoms with van der Waals surface area (Å²) in [5, 5.41) is 2.68. The van der Waals surface area contributed by atoms with Gasteiger partial charge in [0, 0.05) is 13.1 Å². The fourth-order valence-corrected chi connectivity index (χ4v) is 6.54. The Morgan fingerprint density at radius 2 is 1.85 bits per heavy atom. The second-order valence-corrected chi connectivity index (χ2v) is 10.4. The van der Waals surface area contributed by atoms with Crippen LogP contribution in [0.15, 0.2) is 0 Å². The number of rotatable bonds is 2. The van der Waals surface area contributed by atoms with Crippen molar-refractivity contribution >= 4 is 25.7 Å². The second-order valence-electron chi connectivity index (χ2n) is 5.95. The third-order valence-electron chi connectivity index (χ3n) is 4.16. The minimum absolute atomic E-state index is 0.0401. The summed E-state index contributed by atoms with van der Waals surface area (Å²) in [6.45, 7) is 1.74. The van der Waals surface area contributed by atoms with E-state index in [-0.39, 0.29) is 29.1 Å². The van der Waals surface area contributed by atoms with Crippen LogP contribution in [-0.4, -0.2) is 69.4 Å². The fourth-order valence-electron chi connectivity index (χ4n) is 2.68. The van der Waals surface area contributed by atoms with Crippen molar-refractivity contribution in [3.05, 3.63) is 0 Å². The predicted molar refractivity (Wildman–Crippen MR) is 75.0 cm³/mol. The Hall–Kier alpha value is -0.830. The van der Waals surface area contributed by atoms with Crippen LogP contribution >= 0.6 is 0 Å². The monoisotopic (exact) mass is 324 g/mol. The van der Waals surface area contributed by atoms with Gasteiger partial charge in [0.2, 0.25) is 0 Å². The van der Waals surface area contributed by atoms with Gasteiger partial charge in [0.1, 0.15) is 0 Å². The molecule has 2 rings (SSSR count). The lowest BCUT2D eigenvalue weighted by Crippen LogP contribution is -2.54. The van der Waals surface area contributed by atoms with Crippen LogP contribution in [0.3, 0.4) is 0 Å². The quantitative estimate of drug-likeness (QED) is 0.730. The topological polar surface area (TPSA) is 101 Å². The molecule has 0 saturated carbocycles.